The lowest BCUT2D eigenvalue weighted by molar-refractivity contribution is -0.135. The van der Waals surface area contributed by atoms with Gasteiger partial charge in [0.1, 0.15) is 11.2 Å². The van der Waals surface area contributed by atoms with Crippen LogP contribution < -0.4 is 15.5 Å². The zero-order chi connectivity index (χ0) is 17.9. The van der Waals surface area contributed by atoms with Crippen molar-refractivity contribution in [3.8, 4) is 0 Å². The van der Waals surface area contributed by atoms with E-state index in [4.69, 9.17) is 4.52 Å². The highest BCUT2D eigenvalue weighted by Gasteiger charge is 2.36. The largest absolute Gasteiger partial charge is 0.378 e. The maximum Gasteiger partial charge on any atom is 0.240 e. The summed E-state index contributed by atoms with van der Waals surface area (Å²) in [6, 6.07) is 8.96. The molecule has 0 unspecified atom stereocenters. The molecule has 7 nitrogen and oxygen atoms in total. The van der Waals surface area contributed by atoms with Crippen LogP contribution in [0.25, 0.3) is 0 Å². The first-order valence-corrected chi connectivity index (χ1v) is 7.54. The molecule has 0 saturated heterocycles. The van der Waals surface area contributed by atoms with Crippen LogP contribution in [-0.2, 0) is 9.59 Å². The minimum absolute atomic E-state index is 0.286. The fourth-order valence-corrected chi connectivity index (χ4v) is 1.93. The third-order valence-corrected chi connectivity index (χ3v) is 3.65. The van der Waals surface area contributed by atoms with Crippen LogP contribution in [-0.4, -0.2) is 31.1 Å². The first kappa shape index (κ1) is 17.5. The fraction of sp³-hybridized carbons (Fsp3) is 0.353. The van der Waals surface area contributed by atoms with E-state index >= 15 is 0 Å². The van der Waals surface area contributed by atoms with Crippen molar-refractivity contribution in [1.29, 1.82) is 0 Å². The van der Waals surface area contributed by atoms with Gasteiger partial charge in [0.2, 0.25) is 11.8 Å². The van der Waals surface area contributed by atoms with Gasteiger partial charge in [-0.1, -0.05) is 5.16 Å². The van der Waals surface area contributed by atoms with Gasteiger partial charge in [0, 0.05) is 31.5 Å². The first-order chi connectivity index (χ1) is 11.2. The van der Waals surface area contributed by atoms with Crippen LogP contribution in [0.1, 0.15) is 19.6 Å². The first-order valence-electron chi connectivity index (χ1n) is 7.54. The highest BCUT2D eigenvalue weighted by Crippen LogP contribution is 2.22. The minimum atomic E-state index is -1.27. The molecule has 0 saturated carbocycles. The van der Waals surface area contributed by atoms with Crippen molar-refractivity contribution in [1.82, 2.24) is 5.16 Å². The average Bonchev–Trinajstić information content (AvgIpc) is 2.92. The smallest absolute Gasteiger partial charge is 0.240 e. The predicted molar refractivity (Wildman–Crippen MR) is 93.0 cm³/mol. The van der Waals surface area contributed by atoms with Crippen LogP contribution in [0.5, 0.6) is 0 Å². The van der Waals surface area contributed by atoms with E-state index in [1.54, 1.807) is 39.0 Å². The number of aryl methyl sites for hydroxylation is 1. The molecule has 1 aromatic heterocycles. The summed E-state index contributed by atoms with van der Waals surface area (Å²) in [5.41, 5.74) is 0.378. The Morgan fingerprint density at radius 3 is 2.17 bits per heavy atom. The summed E-state index contributed by atoms with van der Waals surface area (Å²) in [5, 5.41) is 9.04. The normalized spacial score (nSPS) is 11.0. The number of hydrogen-bond donors (Lipinski definition) is 2. The van der Waals surface area contributed by atoms with Crippen molar-refractivity contribution >= 4 is 29.0 Å². The Morgan fingerprint density at radius 1 is 1.08 bits per heavy atom. The van der Waals surface area contributed by atoms with Crippen molar-refractivity contribution in [2.75, 3.05) is 29.6 Å². The molecule has 1 aromatic carbocycles. The molecular formula is C17H22N4O3. The number of aromatic nitrogens is 1. The van der Waals surface area contributed by atoms with Crippen molar-refractivity contribution in [2.24, 2.45) is 5.41 Å². The number of rotatable bonds is 5. The van der Waals surface area contributed by atoms with E-state index in [0.29, 0.717) is 11.4 Å². The van der Waals surface area contributed by atoms with Gasteiger partial charge in [-0.2, -0.15) is 0 Å². The van der Waals surface area contributed by atoms with Crippen LogP contribution >= 0.6 is 0 Å². The highest BCUT2D eigenvalue weighted by molar-refractivity contribution is 6.13. The van der Waals surface area contributed by atoms with Gasteiger partial charge in [0.25, 0.3) is 0 Å². The van der Waals surface area contributed by atoms with Crippen molar-refractivity contribution in [3.05, 3.63) is 36.1 Å². The Hall–Kier alpha value is -2.83. The van der Waals surface area contributed by atoms with Crippen LogP contribution in [0, 0.1) is 12.3 Å². The summed E-state index contributed by atoms with van der Waals surface area (Å²) in [6.07, 6.45) is 0. The van der Waals surface area contributed by atoms with Crippen molar-refractivity contribution < 1.29 is 14.1 Å². The molecule has 1 heterocycles. The summed E-state index contributed by atoms with van der Waals surface area (Å²) >= 11 is 0. The zero-order valence-corrected chi connectivity index (χ0v) is 14.5. The number of benzene rings is 1. The van der Waals surface area contributed by atoms with E-state index in [0.717, 1.165) is 5.69 Å². The zero-order valence-electron chi connectivity index (χ0n) is 14.5. The molecule has 2 aromatic rings. The van der Waals surface area contributed by atoms with Crippen LogP contribution in [0.3, 0.4) is 0 Å². The monoisotopic (exact) mass is 330 g/mol. The van der Waals surface area contributed by atoms with Gasteiger partial charge in [0.15, 0.2) is 5.82 Å². The third kappa shape index (κ3) is 3.92. The van der Waals surface area contributed by atoms with Crippen molar-refractivity contribution in [2.45, 2.75) is 20.8 Å². The molecule has 7 heteroatoms. The molecule has 0 radical (unpaired) electrons. The van der Waals surface area contributed by atoms with Gasteiger partial charge >= 0.3 is 0 Å². The number of carbonyl (C=O) groups is 2. The van der Waals surface area contributed by atoms with E-state index in [1.807, 2.05) is 31.1 Å². The third-order valence-electron chi connectivity index (χ3n) is 3.65. The Bertz CT molecular complexity index is 733. The number of hydrogen-bond acceptors (Lipinski definition) is 5. The minimum Gasteiger partial charge on any atom is -0.378 e. The Labute approximate surface area is 141 Å². The van der Waals surface area contributed by atoms with E-state index in [1.165, 1.54) is 0 Å². The van der Waals surface area contributed by atoms with Crippen LogP contribution in [0.2, 0.25) is 0 Å². The molecule has 0 atom stereocenters. The lowest BCUT2D eigenvalue weighted by Gasteiger charge is -2.22. The molecular weight excluding hydrogens is 308 g/mol. The second-order valence-electron chi connectivity index (χ2n) is 6.30. The number of amides is 2. The molecule has 2 amide bonds. The average molecular weight is 330 g/mol. The number of anilines is 3. The Kier molecular flexibility index (Phi) is 4.92. The molecule has 128 valence electrons. The van der Waals surface area contributed by atoms with Gasteiger partial charge in [-0.15, -0.1) is 0 Å². The summed E-state index contributed by atoms with van der Waals surface area (Å²) < 4.78 is 4.90. The van der Waals surface area contributed by atoms with Crippen molar-refractivity contribution in [3.63, 3.8) is 0 Å². The number of nitrogens with one attached hydrogen (secondary N) is 2. The summed E-state index contributed by atoms with van der Waals surface area (Å²) in [5.74, 6) is -0.00159. The standard InChI is InChI=1S/C17H22N4O3/c1-11-10-14(20-24-11)19-16(23)17(2,3)15(22)18-12-6-8-13(9-7-12)21(4)5/h6-10H,1-5H3,(H,18,22)(H,19,20,23). The topological polar surface area (TPSA) is 87.5 Å². The van der Waals surface area contributed by atoms with E-state index in [-0.39, 0.29) is 5.82 Å². The molecule has 0 aliphatic heterocycles. The van der Waals surface area contributed by atoms with Gasteiger partial charge < -0.3 is 20.1 Å². The quantitative estimate of drug-likeness (QED) is 0.823. The van der Waals surface area contributed by atoms with Gasteiger partial charge in [-0.05, 0) is 45.0 Å². The van der Waals surface area contributed by atoms with E-state index < -0.39 is 17.2 Å². The van der Waals surface area contributed by atoms with Gasteiger partial charge in [-0.25, -0.2) is 0 Å². The predicted octanol–water partition coefficient (Wildman–Crippen LogP) is 2.65. The van der Waals surface area contributed by atoms with Gasteiger partial charge in [0.05, 0.1) is 0 Å². The maximum atomic E-state index is 12.5. The molecule has 2 N–H and O–H groups in total. The highest BCUT2D eigenvalue weighted by atomic mass is 16.5. The second-order valence-corrected chi connectivity index (χ2v) is 6.30. The summed E-state index contributed by atoms with van der Waals surface area (Å²) in [6.45, 7) is 4.83. The summed E-state index contributed by atoms with van der Waals surface area (Å²) in [7, 11) is 3.87. The molecule has 0 aliphatic rings. The molecule has 0 bridgehead atoms. The Morgan fingerprint density at radius 2 is 1.67 bits per heavy atom. The van der Waals surface area contributed by atoms with E-state index in [9.17, 15) is 9.59 Å². The second kappa shape index (κ2) is 6.74. The lowest BCUT2D eigenvalue weighted by atomic mass is 9.91. The summed E-state index contributed by atoms with van der Waals surface area (Å²) in [4.78, 5) is 26.8. The Balaban J connectivity index is 2.04. The fourth-order valence-electron chi connectivity index (χ4n) is 1.93. The lowest BCUT2D eigenvalue weighted by Crippen LogP contribution is -2.41. The SMILES string of the molecule is Cc1cc(NC(=O)C(C)(C)C(=O)Nc2ccc(N(C)C)cc2)no1. The van der Waals surface area contributed by atoms with Gasteiger partial charge in [-0.3, -0.25) is 9.59 Å². The number of nitrogens with zero attached hydrogens (tertiary/aromatic N) is 2. The molecule has 0 spiro atoms. The maximum absolute atomic E-state index is 12.5. The molecule has 24 heavy (non-hydrogen) atoms. The van der Waals surface area contributed by atoms with Crippen LogP contribution in [0.15, 0.2) is 34.9 Å². The van der Waals surface area contributed by atoms with Crippen LogP contribution in [0.4, 0.5) is 17.2 Å². The molecule has 0 fully saturated rings. The molecule has 2 rings (SSSR count). The number of carbonyl (C=O) groups excluding carboxylic acids is 2. The molecule has 0 aliphatic carbocycles. The van der Waals surface area contributed by atoms with E-state index in [2.05, 4.69) is 15.8 Å².